The van der Waals surface area contributed by atoms with Crippen molar-refractivity contribution >= 4 is 12.4 Å². The van der Waals surface area contributed by atoms with E-state index in [0.717, 1.165) is 36.1 Å². The van der Waals surface area contributed by atoms with Crippen molar-refractivity contribution in [2.75, 3.05) is 6.54 Å². The number of nitrogens with two attached hydrogens (primary N) is 1. The van der Waals surface area contributed by atoms with E-state index in [1.807, 2.05) is 36.4 Å². The topological polar surface area (TPSA) is 87.1 Å². The van der Waals surface area contributed by atoms with Crippen LogP contribution in [-0.4, -0.2) is 21.7 Å². The molecular formula is C22H27ClN4O2. The summed E-state index contributed by atoms with van der Waals surface area (Å²) in [5.41, 5.74) is 8.10. The van der Waals surface area contributed by atoms with Crippen LogP contribution in [0.1, 0.15) is 43.6 Å². The largest absolute Gasteiger partial charge is 0.489 e. The summed E-state index contributed by atoms with van der Waals surface area (Å²) in [6, 6.07) is 11.6. The molecule has 0 radical (unpaired) electrons. The minimum absolute atomic E-state index is 0. The van der Waals surface area contributed by atoms with Crippen molar-refractivity contribution in [3.05, 3.63) is 60.2 Å². The molecular weight excluding hydrogens is 388 g/mol. The number of benzene rings is 1. The summed E-state index contributed by atoms with van der Waals surface area (Å²) in [6.07, 6.45) is 10.3. The molecule has 3 aromatic rings. The highest BCUT2D eigenvalue weighted by atomic mass is 35.5. The van der Waals surface area contributed by atoms with Crippen molar-refractivity contribution in [1.82, 2.24) is 15.1 Å². The Balaban J connectivity index is 0.00000240. The molecule has 0 spiro atoms. The summed E-state index contributed by atoms with van der Waals surface area (Å²) in [4.78, 5) is 8.73. The number of rotatable bonds is 7. The van der Waals surface area contributed by atoms with E-state index in [-0.39, 0.29) is 17.8 Å². The van der Waals surface area contributed by atoms with Gasteiger partial charge in [-0.15, -0.1) is 12.4 Å². The van der Waals surface area contributed by atoms with Crippen molar-refractivity contribution in [1.29, 1.82) is 0 Å². The van der Waals surface area contributed by atoms with Crippen LogP contribution >= 0.6 is 12.4 Å². The third-order valence-electron chi connectivity index (χ3n) is 5.56. The van der Waals surface area contributed by atoms with Crippen LogP contribution in [-0.2, 0) is 13.0 Å². The zero-order chi connectivity index (χ0) is 19.2. The first-order chi connectivity index (χ1) is 13.8. The lowest BCUT2D eigenvalue weighted by Crippen LogP contribution is -2.35. The van der Waals surface area contributed by atoms with Crippen molar-refractivity contribution in [2.45, 2.75) is 45.1 Å². The monoisotopic (exact) mass is 414 g/mol. The van der Waals surface area contributed by atoms with Gasteiger partial charge in [0.2, 0.25) is 11.7 Å². The van der Waals surface area contributed by atoms with Gasteiger partial charge in [0.05, 0.1) is 0 Å². The molecule has 1 aromatic carbocycles. The number of hydrogen-bond acceptors (Lipinski definition) is 6. The van der Waals surface area contributed by atoms with Gasteiger partial charge in [0.15, 0.2) is 0 Å². The molecule has 6 nitrogen and oxygen atoms in total. The first-order valence-corrected chi connectivity index (χ1v) is 9.91. The minimum atomic E-state index is 0. The maximum absolute atomic E-state index is 6.09. The van der Waals surface area contributed by atoms with E-state index < -0.39 is 0 Å². The third kappa shape index (κ3) is 5.34. The number of nitrogens with zero attached hydrogens (tertiary/aromatic N) is 3. The smallest absolute Gasteiger partial charge is 0.227 e. The standard InChI is InChI=1S/C22H26N4O2.ClH/c23-16-22(9-2-1-3-10-22)13-20-25-21(26-28-20)18-7-4-8-19(12-18)27-15-17-6-5-11-24-14-17;/h4-8,11-12,14H,1-3,9-10,13,15-16,23H2;1H. The van der Waals surface area contributed by atoms with Gasteiger partial charge in [-0.3, -0.25) is 4.98 Å². The Kier molecular flexibility index (Phi) is 7.23. The van der Waals surface area contributed by atoms with Gasteiger partial charge in [-0.05, 0) is 43.0 Å². The number of halogens is 1. The number of ether oxygens (including phenoxy) is 1. The van der Waals surface area contributed by atoms with E-state index in [2.05, 4.69) is 15.1 Å². The average molecular weight is 415 g/mol. The van der Waals surface area contributed by atoms with Crippen LogP contribution in [0.15, 0.2) is 53.3 Å². The number of pyridine rings is 1. The molecule has 0 atom stereocenters. The molecule has 0 unspecified atom stereocenters. The average Bonchev–Trinajstić information content (AvgIpc) is 3.22. The van der Waals surface area contributed by atoms with Crippen LogP contribution in [0, 0.1) is 5.41 Å². The normalized spacial score (nSPS) is 15.5. The lowest BCUT2D eigenvalue weighted by Gasteiger charge is -2.34. The molecule has 0 amide bonds. The Bertz CT molecular complexity index is 895. The van der Waals surface area contributed by atoms with Crippen LogP contribution < -0.4 is 10.5 Å². The molecule has 1 fully saturated rings. The summed E-state index contributed by atoms with van der Waals surface area (Å²) < 4.78 is 11.4. The van der Waals surface area contributed by atoms with Gasteiger partial charge in [-0.1, -0.05) is 42.6 Å². The number of hydrogen-bond donors (Lipinski definition) is 1. The van der Waals surface area contributed by atoms with Gasteiger partial charge >= 0.3 is 0 Å². The summed E-state index contributed by atoms with van der Waals surface area (Å²) >= 11 is 0. The maximum Gasteiger partial charge on any atom is 0.227 e. The van der Waals surface area contributed by atoms with E-state index in [9.17, 15) is 0 Å². The zero-order valence-corrected chi connectivity index (χ0v) is 17.2. The van der Waals surface area contributed by atoms with E-state index in [4.69, 9.17) is 15.0 Å². The van der Waals surface area contributed by atoms with Crippen LogP contribution in [0.2, 0.25) is 0 Å². The van der Waals surface area contributed by atoms with Crippen molar-refractivity contribution < 1.29 is 9.26 Å². The predicted molar refractivity (Wildman–Crippen MR) is 114 cm³/mol. The van der Waals surface area contributed by atoms with Crippen molar-refractivity contribution in [3.63, 3.8) is 0 Å². The van der Waals surface area contributed by atoms with E-state index in [1.54, 1.807) is 12.4 Å². The molecule has 1 aliphatic rings. The Morgan fingerprint density at radius 1 is 1.10 bits per heavy atom. The van der Waals surface area contributed by atoms with Gasteiger partial charge in [-0.2, -0.15) is 4.98 Å². The molecule has 2 N–H and O–H groups in total. The summed E-state index contributed by atoms with van der Waals surface area (Å²) in [6.45, 7) is 1.14. The molecule has 1 aliphatic carbocycles. The fourth-order valence-corrected chi connectivity index (χ4v) is 3.89. The van der Waals surface area contributed by atoms with Gasteiger partial charge in [-0.25, -0.2) is 0 Å². The maximum atomic E-state index is 6.09. The molecule has 0 saturated heterocycles. The quantitative estimate of drug-likeness (QED) is 0.608. The first-order valence-electron chi connectivity index (χ1n) is 9.91. The van der Waals surface area contributed by atoms with Gasteiger partial charge < -0.3 is 15.0 Å². The molecule has 0 bridgehead atoms. The Morgan fingerprint density at radius 2 is 1.97 bits per heavy atom. The van der Waals surface area contributed by atoms with Gasteiger partial charge in [0, 0.05) is 29.9 Å². The minimum Gasteiger partial charge on any atom is -0.489 e. The molecule has 2 heterocycles. The molecule has 29 heavy (non-hydrogen) atoms. The van der Waals surface area contributed by atoms with Crippen LogP contribution in [0.25, 0.3) is 11.4 Å². The highest BCUT2D eigenvalue weighted by Crippen LogP contribution is 2.38. The first kappa shape index (κ1) is 21.3. The molecule has 0 aliphatic heterocycles. The molecule has 4 rings (SSSR count). The summed E-state index contributed by atoms with van der Waals surface area (Å²) in [5.74, 6) is 2.02. The summed E-state index contributed by atoms with van der Waals surface area (Å²) in [5, 5.41) is 4.18. The fraction of sp³-hybridized carbons (Fsp3) is 0.409. The lowest BCUT2D eigenvalue weighted by atomic mass is 9.72. The number of aromatic nitrogens is 3. The van der Waals surface area contributed by atoms with E-state index in [1.165, 1.54) is 19.3 Å². The Labute approximate surface area is 177 Å². The van der Waals surface area contributed by atoms with Crippen molar-refractivity contribution in [3.8, 4) is 17.1 Å². The SMILES string of the molecule is Cl.NCC1(Cc2nc(-c3cccc(OCc4cccnc4)c3)no2)CCCCC1. The third-order valence-corrected chi connectivity index (χ3v) is 5.56. The van der Waals surface area contributed by atoms with Crippen LogP contribution in [0.5, 0.6) is 5.75 Å². The Hall–Kier alpha value is -2.44. The zero-order valence-electron chi connectivity index (χ0n) is 16.4. The van der Waals surface area contributed by atoms with Crippen LogP contribution in [0.4, 0.5) is 0 Å². The molecule has 2 aromatic heterocycles. The van der Waals surface area contributed by atoms with E-state index in [0.29, 0.717) is 24.9 Å². The Morgan fingerprint density at radius 3 is 2.72 bits per heavy atom. The second-order valence-corrected chi connectivity index (χ2v) is 7.63. The van der Waals surface area contributed by atoms with Crippen LogP contribution in [0.3, 0.4) is 0 Å². The van der Waals surface area contributed by atoms with Gasteiger partial charge in [0.25, 0.3) is 0 Å². The molecule has 1 saturated carbocycles. The van der Waals surface area contributed by atoms with E-state index >= 15 is 0 Å². The second-order valence-electron chi connectivity index (χ2n) is 7.63. The molecule has 154 valence electrons. The highest BCUT2D eigenvalue weighted by Gasteiger charge is 2.33. The van der Waals surface area contributed by atoms with Gasteiger partial charge in [0.1, 0.15) is 12.4 Å². The predicted octanol–water partition coefficient (Wildman–Crippen LogP) is 4.58. The second kappa shape index (κ2) is 9.85. The fourth-order valence-electron chi connectivity index (χ4n) is 3.89. The molecule has 7 heteroatoms. The highest BCUT2D eigenvalue weighted by molar-refractivity contribution is 5.85. The van der Waals surface area contributed by atoms with Crippen molar-refractivity contribution in [2.24, 2.45) is 11.1 Å². The lowest BCUT2D eigenvalue weighted by molar-refractivity contribution is 0.177. The summed E-state index contributed by atoms with van der Waals surface area (Å²) in [7, 11) is 0.